The van der Waals surface area contributed by atoms with Crippen molar-refractivity contribution in [2.75, 3.05) is 37.6 Å². The highest BCUT2D eigenvalue weighted by Crippen LogP contribution is 2.33. The minimum atomic E-state index is -0.818. The van der Waals surface area contributed by atoms with Crippen LogP contribution in [0, 0.1) is 6.92 Å². The number of imide groups is 1. The number of hydrogen-bond donors (Lipinski definition) is 2. The van der Waals surface area contributed by atoms with Crippen LogP contribution in [0.2, 0.25) is 0 Å². The van der Waals surface area contributed by atoms with E-state index >= 15 is 0 Å². The Labute approximate surface area is 171 Å². The Hall–Kier alpha value is -2.61. The second-order valence-electron chi connectivity index (χ2n) is 8.30. The Bertz CT molecular complexity index is 797. The largest absolute Gasteiger partial charge is 0.369 e. The summed E-state index contributed by atoms with van der Waals surface area (Å²) in [5.74, 6) is -0.648. The predicted molar refractivity (Wildman–Crippen MR) is 109 cm³/mol. The number of carbonyl (C=O) groups is 3. The molecule has 0 radical (unpaired) electrons. The van der Waals surface area contributed by atoms with E-state index in [4.69, 9.17) is 0 Å². The molecule has 2 saturated heterocycles. The zero-order valence-corrected chi connectivity index (χ0v) is 16.9. The number of benzene rings is 1. The number of para-hydroxylation sites is 1. The minimum absolute atomic E-state index is 0.172. The van der Waals surface area contributed by atoms with Gasteiger partial charge in [0.2, 0.25) is 0 Å². The molecule has 3 aliphatic rings. The Morgan fingerprint density at radius 2 is 1.76 bits per heavy atom. The molecule has 0 unspecified atom stereocenters. The number of amides is 4. The number of anilines is 1. The first-order valence-corrected chi connectivity index (χ1v) is 10.5. The van der Waals surface area contributed by atoms with Gasteiger partial charge in [-0.15, -0.1) is 0 Å². The average Bonchev–Trinajstić information content (AvgIpc) is 2.93. The Kier molecular flexibility index (Phi) is 5.45. The number of nitrogens with one attached hydrogen (secondary N) is 2. The van der Waals surface area contributed by atoms with E-state index in [9.17, 15) is 14.4 Å². The summed E-state index contributed by atoms with van der Waals surface area (Å²) in [6.07, 6.45) is 4.19. The summed E-state index contributed by atoms with van der Waals surface area (Å²) in [5.41, 5.74) is 4.18. The lowest BCUT2D eigenvalue weighted by atomic mass is 9.82. The fourth-order valence-corrected chi connectivity index (χ4v) is 4.64. The van der Waals surface area contributed by atoms with E-state index in [-0.39, 0.29) is 18.4 Å². The lowest BCUT2D eigenvalue weighted by Gasteiger charge is -2.36. The molecule has 8 nitrogen and oxygen atoms in total. The third-order valence-electron chi connectivity index (χ3n) is 6.30. The van der Waals surface area contributed by atoms with Crippen LogP contribution in [0.15, 0.2) is 24.3 Å². The summed E-state index contributed by atoms with van der Waals surface area (Å²) in [6, 6.07) is 7.78. The van der Waals surface area contributed by atoms with Gasteiger partial charge in [-0.25, -0.2) is 4.79 Å². The molecule has 4 amide bonds. The van der Waals surface area contributed by atoms with E-state index in [2.05, 4.69) is 39.6 Å². The number of nitrogens with zero attached hydrogens (tertiary/aromatic N) is 3. The zero-order valence-electron chi connectivity index (χ0n) is 16.9. The number of aryl methyl sites for hydroxylation is 1. The first-order valence-electron chi connectivity index (χ1n) is 10.5. The quantitative estimate of drug-likeness (QED) is 0.748. The monoisotopic (exact) mass is 399 g/mol. The van der Waals surface area contributed by atoms with Crippen LogP contribution in [0.4, 0.5) is 10.5 Å². The summed E-state index contributed by atoms with van der Waals surface area (Å²) in [6.45, 7) is 5.46. The minimum Gasteiger partial charge on any atom is -0.369 e. The molecule has 2 N–H and O–H groups in total. The summed E-state index contributed by atoms with van der Waals surface area (Å²) in [4.78, 5) is 41.9. The molecule has 0 atom stereocenters. The van der Waals surface area contributed by atoms with Gasteiger partial charge in [0.15, 0.2) is 0 Å². The lowest BCUT2D eigenvalue weighted by Crippen LogP contribution is -2.54. The average molecular weight is 399 g/mol. The molecule has 2 aliphatic heterocycles. The Balaban J connectivity index is 1.29. The van der Waals surface area contributed by atoms with Crippen LogP contribution in [0.1, 0.15) is 37.7 Å². The molecule has 1 spiro atoms. The molecule has 4 rings (SSSR count). The van der Waals surface area contributed by atoms with Crippen LogP contribution in [0.3, 0.4) is 0 Å². The van der Waals surface area contributed by atoms with Crippen molar-refractivity contribution in [1.82, 2.24) is 20.7 Å². The van der Waals surface area contributed by atoms with Gasteiger partial charge in [-0.2, -0.15) is 5.01 Å². The van der Waals surface area contributed by atoms with Crippen molar-refractivity contribution in [2.24, 2.45) is 0 Å². The van der Waals surface area contributed by atoms with Gasteiger partial charge in [0, 0.05) is 31.9 Å². The second kappa shape index (κ2) is 8.02. The van der Waals surface area contributed by atoms with Crippen molar-refractivity contribution in [3.05, 3.63) is 29.8 Å². The van der Waals surface area contributed by atoms with Gasteiger partial charge >= 0.3 is 6.03 Å². The Morgan fingerprint density at radius 1 is 1.07 bits per heavy atom. The van der Waals surface area contributed by atoms with Crippen LogP contribution >= 0.6 is 0 Å². The molecule has 0 aromatic heterocycles. The summed E-state index contributed by atoms with van der Waals surface area (Å²) < 4.78 is 0. The van der Waals surface area contributed by atoms with Crippen molar-refractivity contribution in [3.63, 3.8) is 0 Å². The van der Waals surface area contributed by atoms with E-state index in [1.165, 1.54) is 11.3 Å². The molecule has 0 bridgehead atoms. The van der Waals surface area contributed by atoms with E-state index in [1.807, 2.05) is 12.1 Å². The number of hydrazine groups is 1. The highest BCUT2D eigenvalue weighted by Gasteiger charge is 2.52. The molecule has 3 fully saturated rings. The summed E-state index contributed by atoms with van der Waals surface area (Å²) in [5, 5.41) is 3.70. The van der Waals surface area contributed by atoms with Gasteiger partial charge in [-0.05, 0) is 31.4 Å². The van der Waals surface area contributed by atoms with Crippen molar-refractivity contribution in [2.45, 2.75) is 44.6 Å². The van der Waals surface area contributed by atoms with E-state index in [0.29, 0.717) is 12.8 Å². The maximum Gasteiger partial charge on any atom is 0.344 e. The third kappa shape index (κ3) is 3.94. The molecule has 1 saturated carbocycles. The Morgan fingerprint density at radius 3 is 2.45 bits per heavy atom. The molecule has 1 aromatic rings. The van der Waals surface area contributed by atoms with Crippen molar-refractivity contribution in [3.8, 4) is 0 Å². The molecule has 8 heteroatoms. The normalized spacial score (nSPS) is 22.1. The van der Waals surface area contributed by atoms with Gasteiger partial charge < -0.3 is 10.2 Å². The number of carbonyl (C=O) groups excluding carboxylic acids is 3. The lowest BCUT2D eigenvalue weighted by molar-refractivity contribution is -0.140. The van der Waals surface area contributed by atoms with E-state index in [0.717, 1.165) is 50.5 Å². The summed E-state index contributed by atoms with van der Waals surface area (Å²) >= 11 is 0. The maximum atomic E-state index is 12.8. The SMILES string of the molecule is Cc1ccccc1N1CCN(CC(=O)NN2C(=O)NC3(CCCCC3)C2=O)CC1. The highest BCUT2D eigenvalue weighted by molar-refractivity contribution is 6.08. The number of urea groups is 1. The van der Waals surface area contributed by atoms with Crippen LogP contribution in [-0.4, -0.2) is 66.0 Å². The van der Waals surface area contributed by atoms with Crippen molar-refractivity contribution < 1.29 is 14.4 Å². The third-order valence-corrected chi connectivity index (χ3v) is 6.30. The molecular weight excluding hydrogens is 370 g/mol. The van der Waals surface area contributed by atoms with E-state index < -0.39 is 11.6 Å². The molecule has 1 aliphatic carbocycles. The molecule has 156 valence electrons. The number of rotatable bonds is 4. The summed E-state index contributed by atoms with van der Waals surface area (Å²) in [7, 11) is 0. The predicted octanol–water partition coefficient (Wildman–Crippen LogP) is 1.40. The fraction of sp³-hybridized carbons (Fsp3) is 0.571. The molecule has 2 heterocycles. The fourth-order valence-electron chi connectivity index (χ4n) is 4.64. The van der Waals surface area contributed by atoms with Gasteiger partial charge in [0.25, 0.3) is 11.8 Å². The van der Waals surface area contributed by atoms with Crippen LogP contribution < -0.4 is 15.6 Å². The van der Waals surface area contributed by atoms with Crippen LogP contribution in [-0.2, 0) is 9.59 Å². The van der Waals surface area contributed by atoms with Gasteiger partial charge in [-0.1, -0.05) is 37.5 Å². The van der Waals surface area contributed by atoms with Gasteiger partial charge in [-0.3, -0.25) is 19.9 Å². The topological polar surface area (TPSA) is 85.0 Å². The molecule has 1 aromatic carbocycles. The second-order valence-corrected chi connectivity index (χ2v) is 8.30. The van der Waals surface area contributed by atoms with Crippen LogP contribution in [0.5, 0.6) is 0 Å². The first kappa shape index (κ1) is 19.7. The standard InChI is InChI=1S/C21H29N5O3/c1-16-7-3-4-8-17(16)25-13-11-24(12-14-25)15-18(27)23-26-19(28)21(22-20(26)29)9-5-2-6-10-21/h3-4,7-8H,2,5-6,9-15H2,1H3,(H,22,29)(H,23,27). The van der Waals surface area contributed by atoms with Crippen molar-refractivity contribution in [1.29, 1.82) is 0 Å². The van der Waals surface area contributed by atoms with E-state index in [1.54, 1.807) is 0 Å². The smallest absolute Gasteiger partial charge is 0.344 e. The molecular formula is C21H29N5O3. The molecule has 29 heavy (non-hydrogen) atoms. The zero-order chi connectivity index (χ0) is 20.4. The van der Waals surface area contributed by atoms with Crippen LogP contribution in [0.25, 0.3) is 0 Å². The number of hydrogen-bond acceptors (Lipinski definition) is 5. The number of piperazine rings is 1. The highest BCUT2D eigenvalue weighted by atomic mass is 16.2. The van der Waals surface area contributed by atoms with Gasteiger partial charge in [0.1, 0.15) is 5.54 Å². The first-order chi connectivity index (χ1) is 14.0. The van der Waals surface area contributed by atoms with Gasteiger partial charge in [0.05, 0.1) is 6.54 Å². The van der Waals surface area contributed by atoms with Crippen molar-refractivity contribution >= 4 is 23.5 Å². The maximum absolute atomic E-state index is 12.8.